The molecule has 3 nitrogen and oxygen atoms in total. The summed E-state index contributed by atoms with van der Waals surface area (Å²) in [5.74, 6) is 1.62. The summed E-state index contributed by atoms with van der Waals surface area (Å²) in [6, 6.07) is 20.8. The molecule has 0 saturated carbocycles. The van der Waals surface area contributed by atoms with Crippen molar-refractivity contribution in [1.82, 2.24) is 0 Å². The summed E-state index contributed by atoms with van der Waals surface area (Å²) < 4.78 is 4.74. The third kappa shape index (κ3) is 3.65. The summed E-state index contributed by atoms with van der Waals surface area (Å²) in [6.45, 7) is 0. The van der Waals surface area contributed by atoms with Gasteiger partial charge in [-0.15, -0.1) is 23.5 Å². The summed E-state index contributed by atoms with van der Waals surface area (Å²) in [5, 5.41) is 9.86. The maximum absolute atomic E-state index is 9.86. The molecule has 0 amide bonds. The van der Waals surface area contributed by atoms with Gasteiger partial charge in [0.1, 0.15) is 5.75 Å². The predicted octanol–water partition coefficient (Wildman–Crippen LogP) is 4.87. The SMILES string of the molecule is COc1ccc(N2CS[C@](C#N)(SC)[C@@H]2/C=C/c2ccccc2)cc1. The van der Waals surface area contributed by atoms with Gasteiger partial charge in [0.15, 0.2) is 4.08 Å². The van der Waals surface area contributed by atoms with Gasteiger partial charge in [-0.05, 0) is 36.1 Å². The largest absolute Gasteiger partial charge is 0.497 e. The molecule has 0 unspecified atom stereocenters. The van der Waals surface area contributed by atoms with Crippen LogP contribution in [-0.2, 0) is 0 Å². The fraction of sp³-hybridized carbons (Fsp3) is 0.250. The van der Waals surface area contributed by atoms with E-state index < -0.39 is 4.08 Å². The van der Waals surface area contributed by atoms with Crippen LogP contribution in [0.15, 0.2) is 60.7 Å². The minimum atomic E-state index is -0.509. The quantitative estimate of drug-likeness (QED) is 0.752. The van der Waals surface area contributed by atoms with Crippen molar-refractivity contribution in [3.05, 3.63) is 66.2 Å². The van der Waals surface area contributed by atoms with Gasteiger partial charge in [0.25, 0.3) is 0 Å². The van der Waals surface area contributed by atoms with Crippen molar-refractivity contribution in [3.63, 3.8) is 0 Å². The number of thioether (sulfide) groups is 2. The fourth-order valence-electron chi connectivity index (χ4n) is 2.87. The number of hydrogen-bond donors (Lipinski definition) is 0. The van der Waals surface area contributed by atoms with E-state index in [0.717, 1.165) is 22.9 Å². The Balaban J connectivity index is 1.93. The maximum Gasteiger partial charge on any atom is 0.173 e. The minimum absolute atomic E-state index is 0.00824. The first-order valence-corrected chi connectivity index (χ1v) is 10.2. The van der Waals surface area contributed by atoms with Gasteiger partial charge in [-0.3, -0.25) is 0 Å². The molecule has 128 valence electrons. The highest BCUT2D eigenvalue weighted by Crippen LogP contribution is 2.48. The summed E-state index contributed by atoms with van der Waals surface area (Å²) in [7, 11) is 1.67. The van der Waals surface area contributed by atoms with Crippen molar-refractivity contribution in [1.29, 1.82) is 5.26 Å². The first kappa shape index (κ1) is 17.8. The lowest BCUT2D eigenvalue weighted by atomic mass is 10.1. The molecule has 1 aliphatic heterocycles. The molecule has 0 bridgehead atoms. The van der Waals surface area contributed by atoms with Gasteiger partial charge in [0, 0.05) is 5.69 Å². The zero-order valence-electron chi connectivity index (χ0n) is 14.3. The summed E-state index contributed by atoms with van der Waals surface area (Å²) in [6.07, 6.45) is 6.27. The number of nitriles is 1. The fourth-order valence-corrected chi connectivity index (χ4v) is 5.12. The van der Waals surface area contributed by atoms with E-state index in [2.05, 4.69) is 47.4 Å². The molecule has 1 fully saturated rings. The molecule has 5 heteroatoms. The van der Waals surface area contributed by atoms with Crippen molar-refractivity contribution in [2.45, 2.75) is 10.1 Å². The molecule has 3 rings (SSSR count). The Kier molecular flexibility index (Phi) is 5.62. The van der Waals surface area contributed by atoms with Gasteiger partial charge in [0.05, 0.1) is 25.1 Å². The van der Waals surface area contributed by atoms with Crippen LogP contribution in [0, 0.1) is 11.3 Å². The number of benzene rings is 2. The Morgan fingerprint density at radius 2 is 1.96 bits per heavy atom. The van der Waals surface area contributed by atoms with Crippen LogP contribution in [0.5, 0.6) is 5.75 Å². The van der Waals surface area contributed by atoms with Crippen molar-refractivity contribution >= 4 is 35.3 Å². The Bertz CT molecular complexity index is 771. The molecule has 1 aliphatic rings. The average Bonchev–Trinajstić information content (AvgIpc) is 3.06. The van der Waals surface area contributed by atoms with E-state index in [9.17, 15) is 5.26 Å². The van der Waals surface area contributed by atoms with Crippen LogP contribution in [0.2, 0.25) is 0 Å². The molecule has 2 atom stereocenters. The van der Waals surface area contributed by atoms with Gasteiger partial charge in [-0.25, -0.2) is 0 Å². The lowest BCUT2D eigenvalue weighted by Crippen LogP contribution is -2.39. The van der Waals surface area contributed by atoms with Gasteiger partial charge >= 0.3 is 0 Å². The average molecular weight is 369 g/mol. The molecule has 1 saturated heterocycles. The van der Waals surface area contributed by atoms with E-state index in [1.165, 1.54) is 0 Å². The maximum atomic E-state index is 9.86. The molecule has 2 aromatic carbocycles. The first-order valence-electron chi connectivity index (χ1n) is 7.97. The Morgan fingerprint density at radius 3 is 2.56 bits per heavy atom. The van der Waals surface area contributed by atoms with E-state index in [1.54, 1.807) is 30.6 Å². The third-order valence-corrected chi connectivity index (χ3v) is 7.24. The molecule has 0 radical (unpaired) electrons. The van der Waals surface area contributed by atoms with E-state index in [1.807, 2.05) is 36.6 Å². The van der Waals surface area contributed by atoms with E-state index in [-0.39, 0.29) is 6.04 Å². The van der Waals surface area contributed by atoms with Gasteiger partial charge in [0.2, 0.25) is 0 Å². The standard InChI is InChI=1S/C20H20N2OS2/c1-23-18-11-9-17(10-12-18)22-15-25-20(14-21,24-2)19(22)13-8-16-6-4-3-5-7-16/h3-13,19H,15H2,1-2H3/b13-8+/t19-,20-/m0/s1. The molecule has 2 aromatic rings. The molecule has 0 N–H and O–H groups in total. The molecule has 1 heterocycles. The monoisotopic (exact) mass is 368 g/mol. The van der Waals surface area contributed by atoms with Crippen molar-refractivity contribution in [2.75, 3.05) is 24.1 Å². The van der Waals surface area contributed by atoms with Crippen LogP contribution in [0.25, 0.3) is 6.08 Å². The highest BCUT2D eigenvalue weighted by molar-refractivity contribution is 8.18. The van der Waals surface area contributed by atoms with Crippen molar-refractivity contribution in [2.24, 2.45) is 0 Å². The second-order valence-electron chi connectivity index (χ2n) is 5.64. The van der Waals surface area contributed by atoms with E-state index >= 15 is 0 Å². The van der Waals surface area contributed by atoms with Crippen LogP contribution < -0.4 is 9.64 Å². The lowest BCUT2D eigenvalue weighted by molar-refractivity contribution is 0.415. The van der Waals surface area contributed by atoms with Crippen molar-refractivity contribution < 1.29 is 4.74 Å². The number of anilines is 1. The first-order chi connectivity index (χ1) is 12.2. The zero-order chi connectivity index (χ0) is 17.7. The molecule has 25 heavy (non-hydrogen) atoms. The van der Waals surface area contributed by atoms with E-state index in [4.69, 9.17) is 4.74 Å². The van der Waals surface area contributed by atoms with Gasteiger partial charge < -0.3 is 9.64 Å². The minimum Gasteiger partial charge on any atom is -0.497 e. The summed E-state index contributed by atoms with van der Waals surface area (Å²) in [4.78, 5) is 2.28. The number of methoxy groups -OCH3 is 1. The number of ether oxygens (including phenoxy) is 1. The van der Waals surface area contributed by atoms with Crippen LogP contribution in [0.3, 0.4) is 0 Å². The molecular formula is C20H20N2OS2. The van der Waals surface area contributed by atoms with Gasteiger partial charge in [-0.1, -0.05) is 42.5 Å². The molecule has 0 aromatic heterocycles. The Morgan fingerprint density at radius 1 is 1.24 bits per heavy atom. The van der Waals surface area contributed by atoms with Crippen molar-refractivity contribution in [3.8, 4) is 11.8 Å². The van der Waals surface area contributed by atoms with Crippen LogP contribution in [0.1, 0.15) is 5.56 Å². The van der Waals surface area contributed by atoms with Crippen LogP contribution in [0.4, 0.5) is 5.69 Å². The second kappa shape index (κ2) is 7.90. The normalized spacial score (nSPS) is 22.9. The predicted molar refractivity (Wildman–Crippen MR) is 109 cm³/mol. The van der Waals surface area contributed by atoms with E-state index in [0.29, 0.717) is 0 Å². The summed E-state index contributed by atoms with van der Waals surface area (Å²) >= 11 is 3.30. The molecular weight excluding hydrogens is 348 g/mol. The molecule has 0 spiro atoms. The summed E-state index contributed by atoms with van der Waals surface area (Å²) in [5.41, 5.74) is 2.24. The smallest absolute Gasteiger partial charge is 0.173 e. The lowest BCUT2D eigenvalue weighted by Gasteiger charge is -2.30. The third-order valence-electron chi connectivity index (χ3n) is 4.28. The highest BCUT2D eigenvalue weighted by Gasteiger charge is 2.47. The number of rotatable bonds is 5. The zero-order valence-corrected chi connectivity index (χ0v) is 15.9. The number of hydrogen-bond acceptors (Lipinski definition) is 5. The van der Waals surface area contributed by atoms with Gasteiger partial charge in [-0.2, -0.15) is 5.26 Å². The molecule has 0 aliphatic carbocycles. The Hall–Kier alpha value is -2.03. The highest BCUT2D eigenvalue weighted by atomic mass is 32.2. The van der Waals surface area contributed by atoms with Crippen LogP contribution in [-0.4, -0.2) is 29.4 Å². The number of nitrogens with zero attached hydrogens (tertiary/aromatic N) is 2. The topological polar surface area (TPSA) is 36.3 Å². The Labute approximate surface area is 157 Å². The second-order valence-corrected chi connectivity index (χ2v) is 8.14. The van der Waals surface area contributed by atoms with Crippen LogP contribution >= 0.6 is 23.5 Å².